The lowest BCUT2D eigenvalue weighted by Crippen LogP contribution is -2.54. The van der Waals surface area contributed by atoms with Gasteiger partial charge in [0.25, 0.3) is 5.91 Å². The van der Waals surface area contributed by atoms with Crippen molar-refractivity contribution in [2.24, 2.45) is 5.92 Å². The number of imide groups is 1. The van der Waals surface area contributed by atoms with Crippen molar-refractivity contribution < 1.29 is 9.59 Å². The van der Waals surface area contributed by atoms with Crippen molar-refractivity contribution in [3.8, 4) is 0 Å². The van der Waals surface area contributed by atoms with E-state index in [1.54, 1.807) is 4.90 Å². The first-order chi connectivity index (χ1) is 18.5. The number of rotatable bonds is 9. The maximum atomic E-state index is 14.2. The van der Waals surface area contributed by atoms with E-state index in [4.69, 9.17) is 0 Å². The topological polar surface area (TPSA) is 47.1 Å². The third kappa shape index (κ3) is 6.43. The molecule has 5 aliphatic rings. The fourth-order valence-corrected chi connectivity index (χ4v) is 8.63. The molecule has 1 heterocycles. The number of hydrogen-bond donors (Lipinski definition) is 0. The molecule has 1 atom stereocenters. The van der Waals surface area contributed by atoms with E-state index in [1.165, 1.54) is 128 Å². The minimum Gasteiger partial charge on any atom is -0.299 e. The van der Waals surface area contributed by atoms with Crippen LogP contribution < -0.4 is 0 Å². The van der Waals surface area contributed by atoms with Crippen molar-refractivity contribution in [2.45, 2.75) is 172 Å². The Bertz CT molecular complexity index is 727. The van der Waals surface area contributed by atoms with E-state index < -0.39 is 0 Å². The van der Waals surface area contributed by atoms with Gasteiger partial charge in [0, 0.05) is 24.2 Å². The number of carbonyl (C=O) groups is 2. The molecule has 216 valence electrons. The van der Waals surface area contributed by atoms with Crippen molar-refractivity contribution in [1.29, 1.82) is 0 Å². The normalized spacial score (nSPS) is 28.0. The maximum absolute atomic E-state index is 14.2. The Kier molecular flexibility index (Phi) is 10.1. The summed E-state index contributed by atoms with van der Waals surface area (Å²) in [5.41, 5.74) is 0. The molecule has 1 unspecified atom stereocenters. The van der Waals surface area contributed by atoms with E-state index in [-0.39, 0.29) is 23.9 Å². The Morgan fingerprint density at radius 3 is 1.26 bits per heavy atom. The molecule has 5 fully saturated rings. The highest BCUT2D eigenvalue weighted by Crippen LogP contribution is 2.35. The predicted octanol–water partition coefficient (Wildman–Crippen LogP) is 7.13. The molecule has 0 aromatic carbocycles. The zero-order valence-electron chi connectivity index (χ0n) is 24.6. The third-order valence-electron chi connectivity index (χ3n) is 10.8. The molecule has 1 aliphatic heterocycles. The van der Waals surface area contributed by atoms with Gasteiger partial charge in [0.2, 0.25) is 0 Å². The first-order valence-electron chi connectivity index (χ1n) is 16.7. The van der Waals surface area contributed by atoms with Gasteiger partial charge in [-0.2, -0.15) is 0 Å². The molecule has 0 aromatic heterocycles. The van der Waals surface area contributed by atoms with Gasteiger partial charge in [-0.05, 0) is 57.3 Å². The van der Waals surface area contributed by atoms with Crippen LogP contribution in [0.2, 0.25) is 0 Å². The summed E-state index contributed by atoms with van der Waals surface area (Å²) in [7, 11) is 0. The van der Waals surface area contributed by atoms with Crippen molar-refractivity contribution in [2.75, 3.05) is 13.3 Å². The zero-order valence-corrected chi connectivity index (χ0v) is 24.6. The van der Waals surface area contributed by atoms with Crippen LogP contribution in [0, 0.1) is 5.92 Å². The smallest absolute Gasteiger partial charge is 0.299 e. The van der Waals surface area contributed by atoms with Gasteiger partial charge in [-0.15, -0.1) is 0 Å². The van der Waals surface area contributed by atoms with Crippen molar-refractivity contribution in [3.63, 3.8) is 0 Å². The van der Waals surface area contributed by atoms with E-state index in [2.05, 4.69) is 23.6 Å². The molecule has 0 aromatic rings. The molecule has 0 N–H and O–H groups in total. The molecule has 0 spiro atoms. The van der Waals surface area contributed by atoms with Crippen molar-refractivity contribution in [3.05, 3.63) is 0 Å². The molecule has 6 heteroatoms. The summed E-state index contributed by atoms with van der Waals surface area (Å²) >= 11 is 0. The molecule has 0 radical (unpaired) electrons. The van der Waals surface area contributed by atoms with Gasteiger partial charge >= 0.3 is 6.03 Å². The SMILES string of the molecule is CC(C)C1C(=O)N(CN(C2CCCCC2)C2CCCCC2)C(=O)N1CN(C1CCCCC1)C1CCCCC1. The Labute approximate surface area is 232 Å². The maximum Gasteiger partial charge on any atom is 0.329 e. The first kappa shape index (κ1) is 28.4. The van der Waals surface area contributed by atoms with Gasteiger partial charge in [-0.25, -0.2) is 9.69 Å². The largest absolute Gasteiger partial charge is 0.329 e. The van der Waals surface area contributed by atoms with Crippen molar-refractivity contribution in [1.82, 2.24) is 19.6 Å². The van der Waals surface area contributed by atoms with Crippen LogP contribution in [0.5, 0.6) is 0 Å². The van der Waals surface area contributed by atoms with E-state index in [0.29, 0.717) is 37.5 Å². The molecular weight excluding hydrogens is 472 g/mol. The highest BCUT2D eigenvalue weighted by molar-refractivity contribution is 6.04. The van der Waals surface area contributed by atoms with Crippen molar-refractivity contribution >= 4 is 11.9 Å². The van der Waals surface area contributed by atoms with Crippen LogP contribution in [0.25, 0.3) is 0 Å². The Morgan fingerprint density at radius 2 is 0.921 bits per heavy atom. The number of carbonyl (C=O) groups excluding carboxylic acids is 2. The van der Waals surface area contributed by atoms with Crippen LogP contribution in [0.3, 0.4) is 0 Å². The van der Waals surface area contributed by atoms with E-state index in [1.807, 2.05) is 4.90 Å². The highest BCUT2D eigenvalue weighted by atomic mass is 16.2. The Morgan fingerprint density at radius 1 is 0.579 bits per heavy atom. The van der Waals surface area contributed by atoms with Gasteiger partial charge in [-0.3, -0.25) is 19.5 Å². The number of amides is 3. The van der Waals surface area contributed by atoms with Crippen LogP contribution in [0.4, 0.5) is 4.79 Å². The summed E-state index contributed by atoms with van der Waals surface area (Å²) in [5, 5.41) is 0. The fourth-order valence-electron chi connectivity index (χ4n) is 8.63. The molecule has 5 rings (SSSR count). The quantitative estimate of drug-likeness (QED) is 0.299. The minimum atomic E-state index is -0.322. The predicted molar refractivity (Wildman–Crippen MR) is 154 cm³/mol. The van der Waals surface area contributed by atoms with Gasteiger partial charge in [-0.1, -0.05) is 90.9 Å². The molecule has 6 nitrogen and oxygen atoms in total. The van der Waals surface area contributed by atoms with Crippen LogP contribution >= 0.6 is 0 Å². The summed E-state index contributed by atoms with van der Waals surface area (Å²) in [6.07, 6.45) is 25.6. The Balaban J connectivity index is 1.36. The summed E-state index contributed by atoms with van der Waals surface area (Å²) in [5.74, 6) is 0.197. The summed E-state index contributed by atoms with van der Waals surface area (Å²) in [6.45, 7) is 5.43. The summed E-state index contributed by atoms with van der Waals surface area (Å²) in [6, 6.07) is 1.86. The average molecular weight is 529 g/mol. The number of hydrogen-bond acceptors (Lipinski definition) is 4. The lowest BCUT2D eigenvalue weighted by atomic mass is 9.89. The highest BCUT2D eigenvalue weighted by Gasteiger charge is 2.49. The van der Waals surface area contributed by atoms with Crippen LogP contribution in [0.1, 0.15) is 142 Å². The number of nitrogens with zero attached hydrogens (tertiary/aromatic N) is 4. The average Bonchev–Trinajstić information content (AvgIpc) is 3.20. The van der Waals surface area contributed by atoms with E-state index >= 15 is 0 Å². The Hall–Kier alpha value is -1.14. The summed E-state index contributed by atoms with van der Waals surface area (Å²) in [4.78, 5) is 37.2. The molecule has 4 aliphatic carbocycles. The van der Waals surface area contributed by atoms with Crippen LogP contribution in [-0.2, 0) is 4.79 Å². The third-order valence-corrected chi connectivity index (χ3v) is 10.8. The van der Waals surface area contributed by atoms with Gasteiger partial charge in [0.1, 0.15) is 6.04 Å². The molecule has 4 saturated carbocycles. The monoisotopic (exact) mass is 528 g/mol. The van der Waals surface area contributed by atoms with Crippen LogP contribution in [-0.4, -0.2) is 75.1 Å². The van der Waals surface area contributed by atoms with Gasteiger partial charge in [0.15, 0.2) is 0 Å². The second-order valence-electron chi connectivity index (χ2n) is 13.7. The molecule has 1 saturated heterocycles. The first-order valence-corrected chi connectivity index (χ1v) is 16.7. The van der Waals surface area contributed by atoms with Gasteiger partial charge < -0.3 is 0 Å². The lowest BCUT2D eigenvalue weighted by molar-refractivity contribution is -0.132. The molecular formula is C32H56N4O2. The van der Waals surface area contributed by atoms with Crippen LogP contribution in [0.15, 0.2) is 0 Å². The fraction of sp³-hybridized carbons (Fsp3) is 0.938. The second kappa shape index (κ2) is 13.5. The number of urea groups is 1. The minimum absolute atomic E-state index is 0.0121. The molecule has 3 amide bonds. The van der Waals surface area contributed by atoms with E-state index in [0.717, 1.165) is 0 Å². The van der Waals surface area contributed by atoms with E-state index in [9.17, 15) is 9.59 Å². The molecule has 0 bridgehead atoms. The zero-order chi connectivity index (χ0) is 26.5. The van der Waals surface area contributed by atoms with Gasteiger partial charge in [0.05, 0.1) is 13.3 Å². The lowest BCUT2D eigenvalue weighted by Gasteiger charge is -2.44. The summed E-state index contributed by atoms with van der Waals surface area (Å²) < 4.78 is 0. The molecule has 38 heavy (non-hydrogen) atoms. The second-order valence-corrected chi connectivity index (χ2v) is 13.7. The standard InChI is InChI=1S/C32H56N4O2/c1-25(2)30-31(37)36(24-34(28-19-11-5-12-20-28)29-21-13-6-14-22-29)32(38)35(30)23-33(26-15-7-3-8-16-26)27-17-9-4-10-18-27/h25-30H,3-24H2,1-2H3.